The van der Waals surface area contributed by atoms with Crippen LogP contribution in [0, 0.1) is 0 Å². The Hall–Kier alpha value is -1.56. The molecule has 0 heterocycles. The Kier molecular flexibility index (Phi) is 4.58. The van der Waals surface area contributed by atoms with Crippen molar-refractivity contribution >= 4 is 16.8 Å². The summed E-state index contributed by atoms with van der Waals surface area (Å²) in [4.78, 5) is 0. The van der Waals surface area contributed by atoms with Crippen molar-refractivity contribution in [2.75, 3.05) is 0 Å². The second-order valence-electron chi connectivity index (χ2n) is 4.87. The summed E-state index contributed by atoms with van der Waals surface area (Å²) in [5.41, 5.74) is 2.77. The number of unbranched alkanes of at least 4 members (excludes halogenated alkanes) is 3. The summed E-state index contributed by atoms with van der Waals surface area (Å²) in [6.45, 7) is 6.24. The van der Waals surface area contributed by atoms with E-state index in [4.69, 9.17) is 0 Å². The highest BCUT2D eigenvalue weighted by atomic mass is 14.1. The molecule has 2 aromatic carbocycles. The van der Waals surface area contributed by atoms with E-state index in [0.29, 0.717) is 0 Å². The number of hydrogen-bond donors (Lipinski definition) is 0. The number of rotatable bonds is 6. The van der Waals surface area contributed by atoms with E-state index in [0.717, 1.165) is 0 Å². The van der Waals surface area contributed by atoms with Crippen molar-refractivity contribution in [2.24, 2.45) is 0 Å². The lowest BCUT2D eigenvalue weighted by Gasteiger charge is -2.10. The van der Waals surface area contributed by atoms with Gasteiger partial charge in [-0.1, -0.05) is 75.2 Å². The van der Waals surface area contributed by atoms with Gasteiger partial charge in [-0.2, -0.15) is 0 Å². The first kappa shape index (κ1) is 12.9. The number of aryl methyl sites for hydroxylation is 1. The fraction of sp³-hybridized carbons (Fsp3) is 0.333. The van der Waals surface area contributed by atoms with Crippen LogP contribution in [0.1, 0.15) is 43.7 Å². The number of fused-ring (bicyclic) bond motifs is 1. The van der Waals surface area contributed by atoms with Crippen LogP contribution in [0.2, 0.25) is 0 Å². The molecule has 0 aliphatic rings. The molecular formula is C18H22. The van der Waals surface area contributed by atoms with Gasteiger partial charge in [0.05, 0.1) is 0 Å². The fourth-order valence-electron chi connectivity index (χ4n) is 2.54. The van der Waals surface area contributed by atoms with Gasteiger partial charge in [0.2, 0.25) is 0 Å². The van der Waals surface area contributed by atoms with Crippen molar-refractivity contribution in [2.45, 2.75) is 39.0 Å². The Morgan fingerprint density at radius 2 is 1.83 bits per heavy atom. The largest absolute Gasteiger partial charge is 0.0984 e. The molecule has 0 aliphatic carbocycles. The van der Waals surface area contributed by atoms with Crippen LogP contribution in [0.5, 0.6) is 0 Å². The highest BCUT2D eigenvalue weighted by Gasteiger charge is 2.04. The first-order chi connectivity index (χ1) is 8.86. The minimum atomic E-state index is 1.17. The van der Waals surface area contributed by atoms with E-state index in [1.807, 2.05) is 6.08 Å². The van der Waals surface area contributed by atoms with Crippen LogP contribution < -0.4 is 0 Å². The van der Waals surface area contributed by atoms with Crippen LogP contribution in [0.15, 0.2) is 43.0 Å². The van der Waals surface area contributed by atoms with Gasteiger partial charge < -0.3 is 0 Å². The van der Waals surface area contributed by atoms with E-state index in [2.05, 4.69) is 49.9 Å². The van der Waals surface area contributed by atoms with Gasteiger partial charge in [-0.05, 0) is 34.7 Å². The van der Waals surface area contributed by atoms with E-state index < -0.39 is 0 Å². The van der Waals surface area contributed by atoms with Crippen LogP contribution in [0.4, 0.5) is 0 Å². The molecule has 0 spiro atoms. The molecule has 0 saturated carbocycles. The fourth-order valence-corrected chi connectivity index (χ4v) is 2.54. The lowest BCUT2D eigenvalue weighted by Crippen LogP contribution is -1.91. The van der Waals surface area contributed by atoms with Crippen LogP contribution >= 0.6 is 0 Å². The second kappa shape index (κ2) is 6.39. The summed E-state index contributed by atoms with van der Waals surface area (Å²) in [5, 5.41) is 2.64. The van der Waals surface area contributed by atoms with Gasteiger partial charge >= 0.3 is 0 Å². The van der Waals surface area contributed by atoms with Crippen LogP contribution in [0.3, 0.4) is 0 Å². The van der Waals surface area contributed by atoms with Crippen molar-refractivity contribution in [3.05, 3.63) is 54.1 Å². The van der Waals surface area contributed by atoms with Gasteiger partial charge in [0.25, 0.3) is 0 Å². The van der Waals surface area contributed by atoms with E-state index in [1.165, 1.54) is 54.0 Å². The molecule has 0 aromatic heterocycles. The average molecular weight is 238 g/mol. The molecule has 0 fully saturated rings. The van der Waals surface area contributed by atoms with Gasteiger partial charge in [-0.3, -0.25) is 0 Å². The minimum absolute atomic E-state index is 1.17. The Morgan fingerprint density at radius 1 is 1.00 bits per heavy atom. The molecule has 2 rings (SSSR count). The highest BCUT2D eigenvalue weighted by Crippen LogP contribution is 2.25. The molecule has 0 amide bonds. The maximum Gasteiger partial charge on any atom is -0.0109 e. The second-order valence-corrected chi connectivity index (χ2v) is 4.87. The normalized spacial score (nSPS) is 10.7. The molecule has 0 bridgehead atoms. The number of benzene rings is 2. The first-order valence-electron chi connectivity index (χ1n) is 7.00. The van der Waals surface area contributed by atoms with Gasteiger partial charge in [0, 0.05) is 0 Å². The summed E-state index contributed by atoms with van der Waals surface area (Å²) in [7, 11) is 0. The molecular weight excluding hydrogens is 216 g/mol. The van der Waals surface area contributed by atoms with Crippen LogP contribution in [-0.2, 0) is 6.42 Å². The summed E-state index contributed by atoms with van der Waals surface area (Å²) < 4.78 is 0. The quantitative estimate of drug-likeness (QED) is 0.574. The average Bonchev–Trinajstić information content (AvgIpc) is 2.43. The van der Waals surface area contributed by atoms with Gasteiger partial charge in [-0.25, -0.2) is 0 Å². The van der Waals surface area contributed by atoms with Gasteiger partial charge in [0.15, 0.2) is 0 Å². The molecule has 0 N–H and O–H groups in total. The standard InChI is InChI=1S/C18H22/c1-3-5-6-7-10-15-13-14-16-11-8-9-12-18(16)17(15)4-2/h4,8-9,11-14H,2-3,5-7,10H2,1H3. The predicted octanol–water partition coefficient (Wildman–Crippen LogP) is 5.61. The van der Waals surface area contributed by atoms with Crippen molar-refractivity contribution in [1.29, 1.82) is 0 Å². The third-order valence-corrected chi connectivity index (χ3v) is 3.56. The highest BCUT2D eigenvalue weighted by molar-refractivity contribution is 5.91. The molecule has 94 valence electrons. The van der Waals surface area contributed by atoms with E-state index in [1.54, 1.807) is 0 Å². The topological polar surface area (TPSA) is 0 Å². The number of hydrogen-bond acceptors (Lipinski definition) is 0. The summed E-state index contributed by atoms with van der Waals surface area (Å²) in [6.07, 6.45) is 8.44. The molecule has 0 atom stereocenters. The molecule has 0 unspecified atom stereocenters. The molecule has 0 aliphatic heterocycles. The zero-order valence-electron chi connectivity index (χ0n) is 11.3. The molecule has 2 aromatic rings. The maximum atomic E-state index is 3.99. The Balaban J connectivity index is 2.24. The molecule has 18 heavy (non-hydrogen) atoms. The van der Waals surface area contributed by atoms with Gasteiger partial charge in [0.1, 0.15) is 0 Å². The minimum Gasteiger partial charge on any atom is -0.0984 e. The molecule has 0 nitrogen and oxygen atoms in total. The molecule has 0 saturated heterocycles. The third-order valence-electron chi connectivity index (χ3n) is 3.56. The van der Waals surface area contributed by atoms with E-state index >= 15 is 0 Å². The van der Waals surface area contributed by atoms with Crippen LogP contribution in [0.25, 0.3) is 16.8 Å². The van der Waals surface area contributed by atoms with Gasteiger partial charge in [-0.15, -0.1) is 0 Å². The lowest BCUT2D eigenvalue weighted by atomic mass is 9.95. The molecule has 0 heteroatoms. The Labute approximate surface area is 110 Å². The summed E-state index contributed by atoms with van der Waals surface area (Å²) in [6, 6.07) is 13.1. The van der Waals surface area contributed by atoms with Crippen molar-refractivity contribution < 1.29 is 0 Å². The molecule has 0 radical (unpaired) electrons. The van der Waals surface area contributed by atoms with E-state index in [9.17, 15) is 0 Å². The summed E-state index contributed by atoms with van der Waals surface area (Å²) >= 11 is 0. The Bertz CT molecular complexity index is 523. The Morgan fingerprint density at radius 3 is 2.61 bits per heavy atom. The van der Waals surface area contributed by atoms with Crippen molar-refractivity contribution in [3.63, 3.8) is 0 Å². The first-order valence-corrected chi connectivity index (χ1v) is 7.00. The lowest BCUT2D eigenvalue weighted by molar-refractivity contribution is 0.667. The SMILES string of the molecule is C=Cc1c(CCCCCC)ccc2ccccc12. The zero-order chi connectivity index (χ0) is 12.8. The predicted molar refractivity (Wildman–Crippen MR) is 81.9 cm³/mol. The van der Waals surface area contributed by atoms with Crippen molar-refractivity contribution in [1.82, 2.24) is 0 Å². The maximum absolute atomic E-state index is 3.99. The van der Waals surface area contributed by atoms with E-state index in [-0.39, 0.29) is 0 Å². The summed E-state index contributed by atoms with van der Waals surface area (Å²) in [5.74, 6) is 0. The monoisotopic (exact) mass is 238 g/mol. The zero-order valence-corrected chi connectivity index (χ0v) is 11.3. The van der Waals surface area contributed by atoms with Crippen LogP contribution in [-0.4, -0.2) is 0 Å². The van der Waals surface area contributed by atoms with Crippen molar-refractivity contribution in [3.8, 4) is 0 Å². The third kappa shape index (κ3) is 2.81. The smallest absolute Gasteiger partial charge is 0.0109 e.